The Balaban J connectivity index is 1.91. The van der Waals surface area contributed by atoms with Gasteiger partial charge in [-0.15, -0.1) is 0 Å². The zero-order valence-electron chi connectivity index (χ0n) is 16.0. The standard InChI is InChI=1S/C23H23NO4/c1-14(2)15-8-10-16(11-9-15)20-19-21(26)17-6-3-4-7-18(17)28-22(19)23(27)24(20)12-5-13-25/h3-4,6-11,14,20,25H,5,12-13H2,1-2H3. The topological polar surface area (TPSA) is 70.8 Å². The summed E-state index contributed by atoms with van der Waals surface area (Å²) in [5.74, 6) is 0.204. The molecule has 0 radical (unpaired) electrons. The molecule has 0 aliphatic carbocycles. The van der Waals surface area contributed by atoms with Crippen LogP contribution < -0.4 is 5.43 Å². The molecule has 1 aliphatic rings. The first-order chi connectivity index (χ1) is 13.5. The molecule has 0 bridgehead atoms. The summed E-state index contributed by atoms with van der Waals surface area (Å²) in [5, 5.41) is 9.74. The molecule has 1 aliphatic heterocycles. The van der Waals surface area contributed by atoms with Crippen molar-refractivity contribution in [3.8, 4) is 0 Å². The van der Waals surface area contributed by atoms with Crippen LogP contribution in [0.15, 0.2) is 57.7 Å². The molecule has 1 unspecified atom stereocenters. The van der Waals surface area contributed by atoms with Crippen LogP contribution in [0.3, 0.4) is 0 Å². The minimum atomic E-state index is -0.504. The monoisotopic (exact) mass is 377 g/mol. The van der Waals surface area contributed by atoms with Crippen molar-refractivity contribution >= 4 is 16.9 Å². The van der Waals surface area contributed by atoms with E-state index in [0.29, 0.717) is 35.4 Å². The maximum atomic E-state index is 13.3. The molecular weight excluding hydrogens is 354 g/mol. The molecule has 1 atom stereocenters. The highest BCUT2D eigenvalue weighted by atomic mass is 16.3. The minimum Gasteiger partial charge on any atom is -0.450 e. The van der Waals surface area contributed by atoms with Gasteiger partial charge in [0, 0.05) is 13.2 Å². The molecule has 0 spiro atoms. The fraction of sp³-hybridized carbons (Fsp3) is 0.304. The molecule has 0 saturated heterocycles. The molecule has 28 heavy (non-hydrogen) atoms. The quantitative estimate of drug-likeness (QED) is 0.733. The Morgan fingerprint density at radius 2 is 1.79 bits per heavy atom. The van der Waals surface area contributed by atoms with E-state index in [1.54, 1.807) is 29.2 Å². The van der Waals surface area contributed by atoms with Gasteiger partial charge in [0.1, 0.15) is 5.58 Å². The largest absolute Gasteiger partial charge is 0.450 e. The van der Waals surface area contributed by atoms with Gasteiger partial charge in [-0.2, -0.15) is 0 Å². The van der Waals surface area contributed by atoms with Crippen LogP contribution in [-0.4, -0.2) is 29.1 Å². The molecule has 2 heterocycles. The number of hydrogen-bond acceptors (Lipinski definition) is 4. The average molecular weight is 377 g/mol. The number of aliphatic hydroxyl groups is 1. The Kier molecular flexibility index (Phi) is 4.77. The van der Waals surface area contributed by atoms with E-state index in [4.69, 9.17) is 4.42 Å². The van der Waals surface area contributed by atoms with E-state index < -0.39 is 6.04 Å². The van der Waals surface area contributed by atoms with Crippen LogP contribution in [0.2, 0.25) is 0 Å². The van der Waals surface area contributed by atoms with Gasteiger partial charge in [0.05, 0.1) is 17.0 Å². The highest BCUT2D eigenvalue weighted by molar-refractivity contribution is 5.99. The molecule has 1 amide bonds. The van der Waals surface area contributed by atoms with Crippen molar-refractivity contribution in [2.75, 3.05) is 13.2 Å². The van der Waals surface area contributed by atoms with E-state index in [9.17, 15) is 14.7 Å². The van der Waals surface area contributed by atoms with Crippen molar-refractivity contribution < 1.29 is 14.3 Å². The smallest absolute Gasteiger partial charge is 0.290 e. The van der Waals surface area contributed by atoms with Crippen LogP contribution in [0.4, 0.5) is 0 Å². The van der Waals surface area contributed by atoms with E-state index in [-0.39, 0.29) is 23.7 Å². The summed E-state index contributed by atoms with van der Waals surface area (Å²) in [4.78, 5) is 28.0. The second kappa shape index (κ2) is 7.24. The second-order valence-electron chi connectivity index (χ2n) is 7.47. The number of para-hydroxylation sites is 1. The SMILES string of the molecule is CC(C)c1ccc(C2c3c(oc4ccccc4c3=O)C(=O)N2CCCO)cc1. The van der Waals surface area contributed by atoms with E-state index in [1.165, 1.54) is 5.56 Å². The van der Waals surface area contributed by atoms with Crippen molar-refractivity contribution in [1.82, 2.24) is 4.90 Å². The lowest BCUT2D eigenvalue weighted by Crippen LogP contribution is -2.31. The first kappa shape index (κ1) is 18.4. The Morgan fingerprint density at radius 3 is 2.46 bits per heavy atom. The van der Waals surface area contributed by atoms with Gasteiger partial charge in [0.2, 0.25) is 5.76 Å². The molecule has 4 rings (SSSR count). The third kappa shape index (κ3) is 2.92. The second-order valence-corrected chi connectivity index (χ2v) is 7.47. The van der Waals surface area contributed by atoms with Gasteiger partial charge in [-0.1, -0.05) is 50.2 Å². The fourth-order valence-electron chi connectivity index (χ4n) is 3.85. The van der Waals surface area contributed by atoms with Crippen LogP contribution in [0.5, 0.6) is 0 Å². The Morgan fingerprint density at radius 1 is 1.07 bits per heavy atom. The molecule has 144 valence electrons. The molecule has 1 aromatic heterocycles. The van der Waals surface area contributed by atoms with Crippen molar-refractivity contribution in [1.29, 1.82) is 0 Å². The molecule has 3 aromatic rings. The van der Waals surface area contributed by atoms with Gasteiger partial charge in [-0.25, -0.2) is 0 Å². The molecule has 0 saturated carbocycles. The van der Waals surface area contributed by atoms with Crippen molar-refractivity contribution in [3.05, 3.63) is 81.2 Å². The van der Waals surface area contributed by atoms with E-state index >= 15 is 0 Å². The summed E-state index contributed by atoms with van der Waals surface area (Å²) >= 11 is 0. The summed E-state index contributed by atoms with van der Waals surface area (Å²) in [6.07, 6.45) is 0.439. The van der Waals surface area contributed by atoms with Crippen LogP contribution >= 0.6 is 0 Å². The number of carbonyl (C=O) groups is 1. The van der Waals surface area contributed by atoms with Gasteiger partial charge in [0.25, 0.3) is 5.91 Å². The number of benzene rings is 2. The Labute approximate surface area is 163 Å². The van der Waals surface area contributed by atoms with E-state index in [2.05, 4.69) is 13.8 Å². The number of carbonyl (C=O) groups excluding carboxylic acids is 1. The summed E-state index contributed by atoms with van der Waals surface area (Å²) < 4.78 is 5.87. The Hall–Kier alpha value is -2.92. The number of amides is 1. The number of aliphatic hydroxyl groups excluding tert-OH is 1. The molecule has 1 N–H and O–H groups in total. The van der Waals surface area contributed by atoms with Crippen LogP contribution in [0.25, 0.3) is 11.0 Å². The summed E-state index contributed by atoms with van der Waals surface area (Å²) in [6.45, 7) is 4.57. The number of rotatable bonds is 5. The normalized spacial score (nSPS) is 16.2. The van der Waals surface area contributed by atoms with Crippen LogP contribution in [0, 0.1) is 0 Å². The van der Waals surface area contributed by atoms with Gasteiger partial charge in [-0.3, -0.25) is 9.59 Å². The summed E-state index contributed by atoms with van der Waals surface area (Å²) in [6, 6.07) is 14.5. The first-order valence-corrected chi connectivity index (χ1v) is 9.60. The van der Waals surface area contributed by atoms with Crippen molar-refractivity contribution in [3.63, 3.8) is 0 Å². The molecule has 5 heteroatoms. The molecule has 5 nitrogen and oxygen atoms in total. The van der Waals surface area contributed by atoms with Gasteiger partial charge in [0.15, 0.2) is 5.43 Å². The zero-order chi connectivity index (χ0) is 19.8. The lowest BCUT2D eigenvalue weighted by Gasteiger charge is -2.25. The van der Waals surface area contributed by atoms with Crippen molar-refractivity contribution in [2.45, 2.75) is 32.2 Å². The third-order valence-corrected chi connectivity index (χ3v) is 5.35. The predicted molar refractivity (Wildman–Crippen MR) is 108 cm³/mol. The maximum Gasteiger partial charge on any atom is 0.290 e. The number of fused-ring (bicyclic) bond motifs is 2. The Bertz CT molecular complexity index is 1080. The highest BCUT2D eigenvalue weighted by Crippen LogP contribution is 2.38. The predicted octanol–water partition coefficient (Wildman–Crippen LogP) is 3.84. The average Bonchev–Trinajstić information content (AvgIpc) is 2.99. The lowest BCUT2D eigenvalue weighted by atomic mass is 9.95. The van der Waals surface area contributed by atoms with Gasteiger partial charge >= 0.3 is 0 Å². The minimum absolute atomic E-state index is 0.0253. The van der Waals surface area contributed by atoms with Gasteiger partial charge in [-0.05, 0) is 35.6 Å². The number of nitrogens with zero attached hydrogens (tertiary/aromatic N) is 1. The first-order valence-electron chi connectivity index (χ1n) is 9.60. The third-order valence-electron chi connectivity index (χ3n) is 5.35. The number of hydrogen-bond donors (Lipinski definition) is 1. The summed E-state index contributed by atoms with van der Waals surface area (Å²) in [5.41, 5.74) is 2.70. The van der Waals surface area contributed by atoms with E-state index in [1.807, 2.05) is 24.3 Å². The van der Waals surface area contributed by atoms with Crippen molar-refractivity contribution in [2.24, 2.45) is 0 Å². The zero-order valence-corrected chi connectivity index (χ0v) is 16.0. The fourth-order valence-corrected chi connectivity index (χ4v) is 3.85. The maximum absolute atomic E-state index is 13.3. The van der Waals surface area contributed by atoms with Crippen LogP contribution in [-0.2, 0) is 0 Å². The highest BCUT2D eigenvalue weighted by Gasteiger charge is 2.42. The molecular formula is C23H23NO4. The lowest BCUT2D eigenvalue weighted by molar-refractivity contribution is 0.0716. The summed E-state index contributed by atoms with van der Waals surface area (Å²) in [7, 11) is 0. The van der Waals surface area contributed by atoms with E-state index in [0.717, 1.165) is 5.56 Å². The molecule has 2 aromatic carbocycles. The van der Waals surface area contributed by atoms with Gasteiger partial charge < -0.3 is 14.4 Å². The molecule has 0 fully saturated rings. The van der Waals surface area contributed by atoms with Crippen LogP contribution in [0.1, 0.15) is 59.5 Å².